The number of nitrogens with zero attached hydrogens (tertiary/aromatic N) is 2. The van der Waals surface area contributed by atoms with Crippen molar-refractivity contribution in [1.29, 1.82) is 0 Å². The highest BCUT2D eigenvalue weighted by atomic mass is 16.5. The zero-order valence-electron chi connectivity index (χ0n) is 10.2. The highest BCUT2D eigenvalue weighted by Crippen LogP contribution is 2.35. The van der Waals surface area contributed by atoms with E-state index in [0.29, 0.717) is 18.9 Å². The van der Waals surface area contributed by atoms with Gasteiger partial charge in [0.25, 0.3) is 0 Å². The summed E-state index contributed by atoms with van der Waals surface area (Å²) < 4.78 is 13.0. The number of nitrogen functional groups attached to an aromatic ring is 1. The minimum Gasteiger partial charge on any atom is -0.490 e. The molecule has 0 saturated carbocycles. The van der Waals surface area contributed by atoms with Crippen molar-refractivity contribution in [2.24, 2.45) is 7.05 Å². The standard InChI is InChI=1S/C13H15N3O2/c1-16-8-10(14)13(15-16)9-3-4-11-12(7-9)18-6-2-5-17-11/h3-4,7-8H,2,5-6,14H2,1H3. The van der Waals surface area contributed by atoms with Gasteiger partial charge in [-0.15, -0.1) is 0 Å². The summed E-state index contributed by atoms with van der Waals surface area (Å²) in [6.45, 7) is 1.37. The molecular formula is C13H15N3O2. The minimum atomic E-state index is 0.659. The number of aryl methyl sites for hydroxylation is 1. The Hall–Kier alpha value is -2.17. The molecule has 0 saturated heterocycles. The number of ether oxygens (including phenoxy) is 2. The van der Waals surface area contributed by atoms with Gasteiger partial charge >= 0.3 is 0 Å². The fraction of sp³-hybridized carbons (Fsp3) is 0.308. The maximum Gasteiger partial charge on any atom is 0.161 e. The van der Waals surface area contributed by atoms with E-state index in [4.69, 9.17) is 15.2 Å². The Morgan fingerprint density at radius 2 is 2.00 bits per heavy atom. The lowest BCUT2D eigenvalue weighted by atomic mass is 10.1. The van der Waals surface area contributed by atoms with E-state index in [9.17, 15) is 0 Å². The van der Waals surface area contributed by atoms with Gasteiger partial charge in [0.1, 0.15) is 5.69 Å². The van der Waals surface area contributed by atoms with Crippen molar-refractivity contribution in [2.45, 2.75) is 6.42 Å². The molecule has 3 rings (SSSR count). The van der Waals surface area contributed by atoms with E-state index in [1.165, 1.54) is 0 Å². The molecule has 0 bridgehead atoms. The van der Waals surface area contributed by atoms with Crippen LogP contribution in [-0.4, -0.2) is 23.0 Å². The molecule has 1 aliphatic rings. The van der Waals surface area contributed by atoms with Gasteiger partial charge in [0.05, 0.1) is 18.9 Å². The summed E-state index contributed by atoms with van der Waals surface area (Å²) in [6.07, 6.45) is 2.69. The van der Waals surface area contributed by atoms with E-state index in [2.05, 4.69) is 5.10 Å². The maximum atomic E-state index is 5.92. The second-order valence-electron chi connectivity index (χ2n) is 4.32. The van der Waals surface area contributed by atoms with Gasteiger partial charge in [0.15, 0.2) is 11.5 Å². The summed E-state index contributed by atoms with van der Waals surface area (Å²) in [6, 6.07) is 5.79. The normalized spacial score (nSPS) is 14.3. The van der Waals surface area contributed by atoms with Crippen LogP contribution in [0.3, 0.4) is 0 Å². The van der Waals surface area contributed by atoms with E-state index in [-0.39, 0.29) is 0 Å². The number of nitrogens with two attached hydrogens (primary N) is 1. The Labute approximate surface area is 105 Å². The van der Waals surface area contributed by atoms with Gasteiger partial charge in [0.2, 0.25) is 0 Å². The third-order valence-electron chi connectivity index (χ3n) is 2.88. The van der Waals surface area contributed by atoms with Crippen molar-refractivity contribution < 1.29 is 9.47 Å². The second-order valence-corrected chi connectivity index (χ2v) is 4.32. The smallest absolute Gasteiger partial charge is 0.161 e. The molecule has 1 aromatic carbocycles. The number of fused-ring (bicyclic) bond motifs is 1. The summed E-state index contributed by atoms with van der Waals surface area (Å²) >= 11 is 0. The second kappa shape index (κ2) is 4.25. The molecule has 0 unspecified atom stereocenters. The molecule has 1 aliphatic heterocycles. The summed E-state index contributed by atoms with van der Waals surface area (Å²) in [5, 5.41) is 4.35. The molecule has 0 spiro atoms. The van der Waals surface area contributed by atoms with Crippen molar-refractivity contribution in [3.63, 3.8) is 0 Å². The predicted octanol–water partition coefficient (Wildman–Crippen LogP) is 1.83. The van der Waals surface area contributed by atoms with Crippen molar-refractivity contribution in [3.05, 3.63) is 24.4 Å². The van der Waals surface area contributed by atoms with Crippen molar-refractivity contribution >= 4 is 5.69 Å². The van der Waals surface area contributed by atoms with Crippen molar-refractivity contribution in [3.8, 4) is 22.8 Å². The van der Waals surface area contributed by atoms with Gasteiger partial charge in [0, 0.05) is 25.2 Å². The first-order valence-corrected chi connectivity index (χ1v) is 5.93. The minimum absolute atomic E-state index is 0.659. The van der Waals surface area contributed by atoms with Crippen LogP contribution < -0.4 is 15.2 Å². The Morgan fingerprint density at radius 1 is 1.22 bits per heavy atom. The molecule has 2 N–H and O–H groups in total. The molecule has 94 valence electrons. The predicted molar refractivity (Wildman–Crippen MR) is 68.7 cm³/mol. The van der Waals surface area contributed by atoms with Crippen LogP contribution in [-0.2, 0) is 7.05 Å². The quantitative estimate of drug-likeness (QED) is 0.832. The average molecular weight is 245 g/mol. The van der Waals surface area contributed by atoms with Crippen molar-refractivity contribution in [1.82, 2.24) is 9.78 Å². The van der Waals surface area contributed by atoms with E-state index < -0.39 is 0 Å². The lowest BCUT2D eigenvalue weighted by Gasteiger charge is -2.08. The highest BCUT2D eigenvalue weighted by Gasteiger charge is 2.14. The van der Waals surface area contributed by atoms with E-state index >= 15 is 0 Å². The summed E-state index contributed by atoms with van der Waals surface area (Å²) in [7, 11) is 1.85. The van der Waals surface area contributed by atoms with Crippen molar-refractivity contribution in [2.75, 3.05) is 18.9 Å². The summed E-state index contributed by atoms with van der Waals surface area (Å²) in [5.74, 6) is 1.54. The largest absolute Gasteiger partial charge is 0.490 e. The SMILES string of the molecule is Cn1cc(N)c(-c2ccc3c(c2)OCCCO3)n1. The number of hydrogen-bond donors (Lipinski definition) is 1. The summed E-state index contributed by atoms with van der Waals surface area (Å²) in [4.78, 5) is 0. The number of benzene rings is 1. The maximum absolute atomic E-state index is 5.92. The number of hydrogen-bond acceptors (Lipinski definition) is 4. The molecule has 0 fully saturated rings. The molecule has 2 heterocycles. The lowest BCUT2D eigenvalue weighted by Crippen LogP contribution is -1.97. The molecule has 18 heavy (non-hydrogen) atoms. The van der Waals surface area contributed by atoms with Crippen LogP contribution in [0.4, 0.5) is 5.69 Å². The first-order valence-electron chi connectivity index (χ1n) is 5.93. The molecule has 5 heteroatoms. The molecule has 5 nitrogen and oxygen atoms in total. The highest BCUT2D eigenvalue weighted by molar-refractivity contribution is 5.74. The number of aromatic nitrogens is 2. The first kappa shape index (κ1) is 11.0. The topological polar surface area (TPSA) is 62.3 Å². The Balaban J connectivity index is 2.04. The Kier molecular flexibility index (Phi) is 2.59. The molecular weight excluding hydrogens is 230 g/mol. The van der Waals surface area contributed by atoms with E-state index in [1.807, 2.05) is 25.2 Å². The van der Waals surface area contributed by atoms with Crippen LogP contribution in [0.25, 0.3) is 11.3 Å². The van der Waals surface area contributed by atoms with Gasteiger partial charge in [-0.2, -0.15) is 5.10 Å². The molecule has 2 aromatic rings. The monoisotopic (exact) mass is 245 g/mol. The van der Waals surface area contributed by atoms with Gasteiger partial charge in [-0.25, -0.2) is 0 Å². The van der Waals surface area contributed by atoms with Gasteiger partial charge in [-0.05, 0) is 18.2 Å². The van der Waals surface area contributed by atoms with Crippen LogP contribution >= 0.6 is 0 Å². The molecule has 0 amide bonds. The number of rotatable bonds is 1. The fourth-order valence-corrected chi connectivity index (χ4v) is 2.04. The zero-order chi connectivity index (χ0) is 12.5. The molecule has 0 aliphatic carbocycles. The Bertz CT molecular complexity index is 578. The molecule has 1 aromatic heterocycles. The third kappa shape index (κ3) is 1.88. The van der Waals surface area contributed by atoms with Crippen LogP contribution in [0, 0.1) is 0 Å². The van der Waals surface area contributed by atoms with Gasteiger partial charge < -0.3 is 15.2 Å². The Morgan fingerprint density at radius 3 is 2.72 bits per heavy atom. The average Bonchev–Trinajstić information content (AvgIpc) is 2.58. The summed E-state index contributed by atoms with van der Waals surface area (Å²) in [5.41, 5.74) is 8.30. The zero-order valence-corrected chi connectivity index (χ0v) is 10.2. The van der Waals surface area contributed by atoms with Crippen LogP contribution in [0.1, 0.15) is 6.42 Å². The lowest BCUT2D eigenvalue weighted by molar-refractivity contribution is 0.297. The fourth-order valence-electron chi connectivity index (χ4n) is 2.04. The first-order chi connectivity index (χ1) is 8.74. The van der Waals surface area contributed by atoms with Crippen LogP contribution in [0.2, 0.25) is 0 Å². The van der Waals surface area contributed by atoms with Gasteiger partial charge in [-0.3, -0.25) is 4.68 Å². The van der Waals surface area contributed by atoms with Gasteiger partial charge in [-0.1, -0.05) is 0 Å². The third-order valence-corrected chi connectivity index (χ3v) is 2.88. The van der Waals surface area contributed by atoms with Crippen LogP contribution in [0.5, 0.6) is 11.5 Å². The van der Waals surface area contributed by atoms with Crippen LogP contribution in [0.15, 0.2) is 24.4 Å². The van der Waals surface area contributed by atoms with E-state index in [0.717, 1.165) is 29.2 Å². The number of anilines is 1. The van der Waals surface area contributed by atoms with E-state index in [1.54, 1.807) is 10.9 Å². The molecule has 0 radical (unpaired) electrons. The molecule has 0 atom stereocenters.